The van der Waals surface area contributed by atoms with Crippen LogP contribution in [0.25, 0.3) is 10.9 Å². The molecule has 3 aromatic rings. The van der Waals surface area contributed by atoms with E-state index in [-0.39, 0.29) is 11.8 Å². The molecule has 0 aliphatic carbocycles. The number of hydrogen-bond acceptors (Lipinski definition) is 4. The van der Waals surface area contributed by atoms with Crippen LogP contribution >= 0.6 is 0 Å². The number of aromatic nitrogens is 1. The maximum absolute atomic E-state index is 12.0. The Labute approximate surface area is 189 Å². The number of fused-ring (bicyclic) bond motifs is 1. The lowest BCUT2D eigenvalue weighted by molar-refractivity contribution is -0.118. The average Bonchev–Trinajstić information content (AvgIpc) is 3.20. The smallest absolute Gasteiger partial charge is 0.226 e. The molecule has 1 aliphatic rings. The van der Waals surface area contributed by atoms with Crippen LogP contribution in [0, 0.1) is 5.92 Å². The number of ether oxygens (including phenoxy) is 2. The first-order chi connectivity index (χ1) is 15.5. The number of hydrogen-bond donors (Lipinski definition) is 2. The number of likely N-dealkylation sites (tertiary alicyclic amines) is 1. The Kier molecular flexibility index (Phi) is 6.70. The second-order valence-corrected chi connectivity index (χ2v) is 8.89. The van der Waals surface area contributed by atoms with Gasteiger partial charge in [0.15, 0.2) is 11.5 Å². The van der Waals surface area contributed by atoms with Crippen LogP contribution in [-0.2, 0) is 11.3 Å². The Balaban J connectivity index is 1.40. The highest BCUT2D eigenvalue weighted by atomic mass is 16.5. The zero-order chi connectivity index (χ0) is 22.7. The first kappa shape index (κ1) is 22.2. The number of benzene rings is 2. The highest BCUT2D eigenvalue weighted by molar-refractivity contribution is 5.92. The maximum Gasteiger partial charge on any atom is 0.226 e. The molecule has 0 atom stereocenters. The van der Waals surface area contributed by atoms with Gasteiger partial charge in [0.05, 0.1) is 14.2 Å². The number of carbonyl (C=O) groups excluding carboxylic acids is 1. The molecule has 1 aromatic heterocycles. The number of rotatable bonds is 7. The lowest BCUT2D eigenvalue weighted by atomic mass is 9.89. The first-order valence-electron chi connectivity index (χ1n) is 11.3. The number of amides is 1. The molecule has 2 N–H and O–H groups in total. The molecule has 2 heterocycles. The molecule has 170 valence electrons. The number of anilines is 1. The summed E-state index contributed by atoms with van der Waals surface area (Å²) in [6, 6.07) is 12.4. The van der Waals surface area contributed by atoms with Crippen molar-refractivity contribution in [2.24, 2.45) is 5.92 Å². The molecule has 1 amide bonds. The Hall–Kier alpha value is -2.99. The molecule has 4 rings (SSSR count). The molecule has 1 saturated heterocycles. The number of piperidine rings is 1. The van der Waals surface area contributed by atoms with Crippen molar-refractivity contribution in [2.75, 3.05) is 32.6 Å². The molecule has 1 aliphatic heterocycles. The van der Waals surface area contributed by atoms with Gasteiger partial charge in [-0.05, 0) is 61.2 Å². The Bertz CT molecular complexity index is 1080. The normalized spacial score (nSPS) is 15.3. The summed E-state index contributed by atoms with van der Waals surface area (Å²) in [4.78, 5) is 17.9. The molecular formula is C26H33N3O3. The van der Waals surface area contributed by atoms with E-state index in [0.717, 1.165) is 55.2 Å². The van der Waals surface area contributed by atoms with E-state index in [2.05, 4.69) is 39.6 Å². The maximum atomic E-state index is 12.0. The van der Waals surface area contributed by atoms with Gasteiger partial charge in [0.1, 0.15) is 0 Å². The van der Waals surface area contributed by atoms with Gasteiger partial charge in [0.2, 0.25) is 5.91 Å². The second-order valence-electron chi connectivity index (χ2n) is 8.89. The number of methoxy groups -OCH3 is 2. The highest BCUT2D eigenvalue weighted by Crippen LogP contribution is 2.35. The predicted molar refractivity (Wildman–Crippen MR) is 129 cm³/mol. The van der Waals surface area contributed by atoms with Crippen molar-refractivity contribution in [1.82, 2.24) is 9.88 Å². The van der Waals surface area contributed by atoms with Gasteiger partial charge in [-0.25, -0.2) is 0 Å². The van der Waals surface area contributed by atoms with Crippen molar-refractivity contribution >= 4 is 22.5 Å². The van der Waals surface area contributed by atoms with Crippen LogP contribution < -0.4 is 14.8 Å². The summed E-state index contributed by atoms with van der Waals surface area (Å²) in [5.74, 6) is 2.05. The molecule has 0 radical (unpaired) electrons. The van der Waals surface area contributed by atoms with Crippen LogP contribution in [-0.4, -0.2) is 43.1 Å². The summed E-state index contributed by atoms with van der Waals surface area (Å²) in [7, 11) is 3.33. The molecular weight excluding hydrogens is 402 g/mol. The molecule has 2 aromatic carbocycles. The zero-order valence-corrected chi connectivity index (χ0v) is 19.4. The zero-order valence-electron chi connectivity index (χ0n) is 19.4. The van der Waals surface area contributed by atoms with E-state index < -0.39 is 0 Å². The SMILES string of the molecule is COc1cc2[nH]cc(CN3CCC(c4cccc(NC(=O)C(C)C)c4)CC3)c2cc1OC. The molecule has 32 heavy (non-hydrogen) atoms. The molecule has 6 heteroatoms. The summed E-state index contributed by atoms with van der Waals surface area (Å²) in [5.41, 5.74) is 4.55. The number of nitrogens with zero attached hydrogens (tertiary/aromatic N) is 1. The van der Waals surface area contributed by atoms with Gasteiger partial charge in [-0.3, -0.25) is 9.69 Å². The number of aromatic amines is 1. The number of H-pyrrole nitrogens is 1. The lowest BCUT2D eigenvalue weighted by Gasteiger charge is -2.32. The Morgan fingerprint density at radius 3 is 2.53 bits per heavy atom. The second kappa shape index (κ2) is 9.65. The van der Waals surface area contributed by atoms with Crippen molar-refractivity contribution in [1.29, 1.82) is 0 Å². The van der Waals surface area contributed by atoms with E-state index in [1.807, 2.05) is 32.0 Å². The van der Waals surface area contributed by atoms with Crippen molar-refractivity contribution < 1.29 is 14.3 Å². The molecule has 0 spiro atoms. The van der Waals surface area contributed by atoms with E-state index in [1.165, 1.54) is 16.5 Å². The number of nitrogens with one attached hydrogen (secondary N) is 2. The van der Waals surface area contributed by atoms with E-state index in [4.69, 9.17) is 9.47 Å². The van der Waals surface area contributed by atoms with Crippen molar-refractivity contribution in [3.05, 3.63) is 53.7 Å². The van der Waals surface area contributed by atoms with Gasteiger partial charge in [-0.2, -0.15) is 0 Å². The predicted octanol–water partition coefficient (Wildman–Crippen LogP) is 5.16. The highest BCUT2D eigenvalue weighted by Gasteiger charge is 2.22. The minimum absolute atomic E-state index is 0.0209. The minimum atomic E-state index is -0.0209. The average molecular weight is 436 g/mol. The lowest BCUT2D eigenvalue weighted by Crippen LogP contribution is -2.32. The molecule has 0 unspecified atom stereocenters. The molecule has 0 bridgehead atoms. The van der Waals surface area contributed by atoms with Crippen LogP contribution in [0.5, 0.6) is 11.5 Å². The first-order valence-corrected chi connectivity index (χ1v) is 11.3. The van der Waals surface area contributed by atoms with Gasteiger partial charge in [0, 0.05) is 41.3 Å². The van der Waals surface area contributed by atoms with Crippen molar-refractivity contribution in [2.45, 2.75) is 39.2 Å². The van der Waals surface area contributed by atoms with Crippen LogP contribution in [0.15, 0.2) is 42.6 Å². The van der Waals surface area contributed by atoms with E-state index in [0.29, 0.717) is 5.92 Å². The fourth-order valence-electron chi connectivity index (χ4n) is 4.46. The Morgan fingerprint density at radius 2 is 1.84 bits per heavy atom. The van der Waals surface area contributed by atoms with E-state index in [1.54, 1.807) is 14.2 Å². The summed E-state index contributed by atoms with van der Waals surface area (Å²) >= 11 is 0. The van der Waals surface area contributed by atoms with Crippen LogP contribution in [0.4, 0.5) is 5.69 Å². The third-order valence-electron chi connectivity index (χ3n) is 6.40. The van der Waals surface area contributed by atoms with E-state index in [9.17, 15) is 4.79 Å². The van der Waals surface area contributed by atoms with Crippen LogP contribution in [0.3, 0.4) is 0 Å². The topological polar surface area (TPSA) is 66.6 Å². The summed E-state index contributed by atoms with van der Waals surface area (Å²) in [6.45, 7) is 6.83. The Morgan fingerprint density at radius 1 is 1.12 bits per heavy atom. The van der Waals surface area contributed by atoms with Crippen molar-refractivity contribution in [3.63, 3.8) is 0 Å². The third kappa shape index (κ3) is 4.75. The van der Waals surface area contributed by atoms with Gasteiger partial charge in [0.25, 0.3) is 0 Å². The quantitative estimate of drug-likeness (QED) is 0.538. The van der Waals surface area contributed by atoms with Crippen molar-refractivity contribution in [3.8, 4) is 11.5 Å². The molecule has 6 nitrogen and oxygen atoms in total. The summed E-state index contributed by atoms with van der Waals surface area (Å²) < 4.78 is 10.9. The van der Waals surface area contributed by atoms with Crippen LogP contribution in [0.1, 0.15) is 43.7 Å². The van der Waals surface area contributed by atoms with Gasteiger partial charge < -0.3 is 19.8 Å². The molecule has 0 saturated carbocycles. The monoisotopic (exact) mass is 435 g/mol. The largest absolute Gasteiger partial charge is 0.493 e. The fraction of sp³-hybridized carbons (Fsp3) is 0.423. The minimum Gasteiger partial charge on any atom is -0.493 e. The van der Waals surface area contributed by atoms with Gasteiger partial charge >= 0.3 is 0 Å². The van der Waals surface area contributed by atoms with Gasteiger partial charge in [-0.1, -0.05) is 26.0 Å². The fourth-order valence-corrected chi connectivity index (χ4v) is 4.46. The summed E-state index contributed by atoms with van der Waals surface area (Å²) in [6.07, 6.45) is 4.32. The van der Waals surface area contributed by atoms with E-state index >= 15 is 0 Å². The number of carbonyl (C=O) groups is 1. The summed E-state index contributed by atoms with van der Waals surface area (Å²) in [5, 5.41) is 4.20. The molecule has 1 fully saturated rings. The third-order valence-corrected chi connectivity index (χ3v) is 6.40. The standard InChI is InChI=1S/C26H33N3O3/c1-17(2)26(30)28-21-7-5-6-19(12-21)18-8-10-29(11-9-18)16-20-15-27-23-14-25(32-4)24(31-3)13-22(20)23/h5-7,12-15,17-18,27H,8-11,16H2,1-4H3,(H,28,30). The van der Waals surface area contributed by atoms with Gasteiger partial charge in [-0.15, -0.1) is 0 Å². The van der Waals surface area contributed by atoms with Crippen LogP contribution in [0.2, 0.25) is 0 Å².